The van der Waals surface area contributed by atoms with Crippen LogP contribution in [-0.4, -0.2) is 41.2 Å². The molecule has 0 fully saturated rings. The first-order chi connectivity index (χ1) is 16.0. The molecular formula is C24H25N3O5S. The molecule has 2 aromatic carbocycles. The number of thioether (sulfide) groups is 1. The lowest BCUT2D eigenvalue weighted by Gasteiger charge is -2.17. The van der Waals surface area contributed by atoms with Crippen LogP contribution in [0.1, 0.15) is 29.2 Å². The van der Waals surface area contributed by atoms with Crippen LogP contribution in [0.5, 0.6) is 11.6 Å². The van der Waals surface area contributed by atoms with E-state index in [0.29, 0.717) is 30.8 Å². The Labute approximate surface area is 194 Å². The van der Waals surface area contributed by atoms with E-state index in [1.807, 2.05) is 48.5 Å². The summed E-state index contributed by atoms with van der Waals surface area (Å²) in [6.45, 7) is 0.633. The number of aliphatic imine (C=N–C) groups is 1. The number of rotatable bonds is 7. The minimum absolute atomic E-state index is 0.0165. The number of aromatic amines is 1. The van der Waals surface area contributed by atoms with E-state index in [9.17, 15) is 14.7 Å². The average molecular weight is 468 g/mol. The summed E-state index contributed by atoms with van der Waals surface area (Å²) in [6.07, 6.45) is 0.897. The third kappa shape index (κ3) is 4.89. The van der Waals surface area contributed by atoms with Crippen LogP contribution < -0.4 is 16.0 Å². The molecule has 0 saturated carbocycles. The number of para-hydroxylation sites is 1. The summed E-state index contributed by atoms with van der Waals surface area (Å²) in [6, 6.07) is 15.4. The highest BCUT2D eigenvalue weighted by Crippen LogP contribution is 2.45. The summed E-state index contributed by atoms with van der Waals surface area (Å²) in [5.74, 6) is 0.375. The minimum atomic E-state index is -0.659. The summed E-state index contributed by atoms with van der Waals surface area (Å²) < 4.78 is 11.5. The Morgan fingerprint density at radius 1 is 1.15 bits per heavy atom. The van der Waals surface area contributed by atoms with E-state index in [2.05, 4.69) is 4.98 Å². The fraction of sp³-hybridized carbons (Fsp3) is 0.292. The van der Waals surface area contributed by atoms with Gasteiger partial charge < -0.3 is 14.6 Å². The van der Waals surface area contributed by atoms with Crippen molar-refractivity contribution in [1.82, 2.24) is 9.55 Å². The van der Waals surface area contributed by atoms with Gasteiger partial charge in [-0.25, -0.2) is 4.79 Å². The number of nitrogens with zero attached hydrogens (tertiary/aromatic N) is 2. The van der Waals surface area contributed by atoms with E-state index < -0.39 is 11.2 Å². The molecule has 172 valence electrons. The third-order valence-electron chi connectivity index (χ3n) is 5.45. The molecule has 2 heterocycles. The van der Waals surface area contributed by atoms with Crippen molar-refractivity contribution in [2.24, 2.45) is 4.99 Å². The summed E-state index contributed by atoms with van der Waals surface area (Å²) in [4.78, 5) is 33.3. The van der Waals surface area contributed by atoms with E-state index in [1.165, 1.54) is 0 Å². The number of ether oxygens (including phenoxy) is 2. The molecule has 33 heavy (non-hydrogen) atoms. The van der Waals surface area contributed by atoms with Gasteiger partial charge in [-0.05, 0) is 36.2 Å². The predicted octanol–water partition coefficient (Wildman–Crippen LogP) is 3.65. The summed E-state index contributed by atoms with van der Waals surface area (Å²) in [5, 5.41) is 10.9. The highest BCUT2D eigenvalue weighted by molar-refractivity contribution is 7.99. The van der Waals surface area contributed by atoms with Crippen LogP contribution in [0.3, 0.4) is 0 Å². The Hall–Kier alpha value is -3.30. The zero-order valence-corrected chi connectivity index (χ0v) is 19.2. The molecule has 1 aliphatic heterocycles. The van der Waals surface area contributed by atoms with Crippen LogP contribution in [0.2, 0.25) is 0 Å². The van der Waals surface area contributed by atoms with Crippen LogP contribution in [0.15, 0.2) is 68.0 Å². The fourth-order valence-corrected chi connectivity index (χ4v) is 5.00. The lowest BCUT2D eigenvalue weighted by molar-refractivity contribution is 0.188. The Morgan fingerprint density at radius 3 is 2.64 bits per heavy atom. The molecule has 9 heteroatoms. The van der Waals surface area contributed by atoms with Gasteiger partial charge in [-0.2, -0.15) is 0 Å². The monoisotopic (exact) mass is 467 g/mol. The molecule has 0 bridgehead atoms. The summed E-state index contributed by atoms with van der Waals surface area (Å²) in [5.41, 5.74) is 0.875. The van der Waals surface area contributed by atoms with E-state index in [0.717, 1.165) is 20.8 Å². The van der Waals surface area contributed by atoms with Crippen LogP contribution in [-0.2, 0) is 11.3 Å². The van der Waals surface area contributed by atoms with Crippen molar-refractivity contribution < 1.29 is 14.6 Å². The molecule has 0 spiro atoms. The molecule has 2 N–H and O–H groups in total. The van der Waals surface area contributed by atoms with Crippen LogP contribution >= 0.6 is 11.8 Å². The Kier molecular flexibility index (Phi) is 7.00. The topological polar surface area (TPSA) is 106 Å². The Bertz CT molecular complexity index is 1280. The normalized spacial score (nSPS) is 15.5. The van der Waals surface area contributed by atoms with Crippen molar-refractivity contribution in [3.8, 4) is 11.6 Å². The first-order valence-electron chi connectivity index (χ1n) is 10.5. The highest BCUT2D eigenvalue weighted by atomic mass is 32.2. The van der Waals surface area contributed by atoms with Gasteiger partial charge in [0.05, 0.1) is 18.5 Å². The second-order valence-electron chi connectivity index (χ2n) is 7.57. The molecule has 0 unspecified atom stereocenters. The maximum absolute atomic E-state index is 12.8. The van der Waals surface area contributed by atoms with Gasteiger partial charge in [0.15, 0.2) is 0 Å². The number of aromatic nitrogens is 2. The first-order valence-corrected chi connectivity index (χ1v) is 11.4. The number of aromatic hydroxyl groups is 1. The van der Waals surface area contributed by atoms with Crippen molar-refractivity contribution >= 4 is 23.2 Å². The molecule has 1 aromatic heterocycles. The number of fused-ring (bicyclic) bond motifs is 1. The van der Waals surface area contributed by atoms with Crippen molar-refractivity contribution in [2.75, 3.05) is 20.8 Å². The van der Waals surface area contributed by atoms with Gasteiger partial charge in [0.25, 0.3) is 5.56 Å². The molecule has 3 aromatic rings. The maximum atomic E-state index is 12.8. The molecule has 4 rings (SSSR count). The van der Waals surface area contributed by atoms with Crippen molar-refractivity contribution in [2.45, 2.75) is 29.5 Å². The highest BCUT2D eigenvalue weighted by Gasteiger charge is 2.27. The van der Waals surface area contributed by atoms with E-state index in [1.54, 1.807) is 26.0 Å². The van der Waals surface area contributed by atoms with Crippen LogP contribution in [0.25, 0.3) is 0 Å². The minimum Gasteiger partial charge on any atom is -0.497 e. The number of hydrogen-bond donors (Lipinski definition) is 2. The Balaban J connectivity index is 1.81. The zero-order chi connectivity index (χ0) is 23.4. The standard InChI is InChI=1S/C24H25N3O5S/c1-31-13-5-12-27-23(29)21(22(28)26-24(27)30)18-14-20(15-8-10-16(32-2)11-9-15)33-19-7-4-3-6-17(19)25-18/h3-4,6-11,20,29H,5,12-14H2,1-2H3,(H,26,28,30)/t20-/m0/s1. The largest absolute Gasteiger partial charge is 0.497 e. The summed E-state index contributed by atoms with van der Waals surface area (Å²) >= 11 is 1.64. The summed E-state index contributed by atoms with van der Waals surface area (Å²) in [7, 11) is 3.18. The van der Waals surface area contributed by atoms with Gasteiger partial charge in [0.1, 0.15) is 11.3 Å². The smallest absolute Gasteiger partial charge is 0.331 e. The molecule has 0 aliphatic carbocycles. The van der Waals surface area contributed by atoms with E-state index in [-0.39, 0.29) is 23.2 Å². The number of hydrogen-bond acceptors (Lipinski definition) is 7. The van der Waals surface area contributed by atoms with Gasteiger partial charge in [-0.3, -0.25) is 19.3 Å². The fourth-order valence-electron chi connectivity index (χ4n) is 3.77. The van der Waals surface area contributed by atoms with Crippen molar-refractivity contribution in [3.05, 3.63) is 80.5 Å². The predicted molar refractivity (Wildman–Crippen MR) is 128 cm³/mol. The van der Waals surface area contributed by atoms with Gasteiger partial charge in [0, 0.05) is 36.8 Å². The second-order valence-corrected chi connectivity index (χ2v) is 8.81. The lowest BCUT2D eigenvalue weighted by atomic mass is 10.0. The number of nitrogens with one attached hydrogen (secondary N) is 1. The third-order valence-corrected chi connectivity index (χ3v) is 6.77. The second kappa shape index (κ2) is 10.1. The van der Waals surface area contributed by atoms with Gasteiger partial charge in [0.2, 0.25) is 5.88 Å². The van der Waals surface area contributed by atoms with Gasteiger partial charge >= 0.3 is 5.69 Å². The number of methoxy groups -OCH3 is 2. The number of benzene rings is 2. The molecule has 0 saturated heterocycles. The Morgan fingerprint density at radius 2 is 1.91 bits per heavy atom. The van der Waals surface area contributed by atoms with Crippen molar-refractivity contribution in [1.29, 1.82) is 0 Å². The molecule has 1 aliphatic rings. The molecule has 1 atom stereocenters. The van der Waals surface area contributed by atoms with E-state index in [4.69, 9.17) is 14.5 Å². The maximum Gasteiger partial charge on any atom is 0.331 e. The van der Waals surface area contributed by atoms with Crippen LogP contribution in [0.4, 0.5) is 5.69 Å². The average Bonchev–Trinajstić information content (AvgIpc) is 3.01. The molecule has 8 nitrogen and oxygen atoms in total. The number of H-pyrrole nitrogens is 1. The molecule has 0 radical (unpaired) electrons. The first kappa shape index (κ1) is 22.9. The van der Waals surface area contributed by atoms with Crippen molar-refractivity contribution in [3.63, 3.8) is 0 Å². The van der Waals surface area contributed by atoms with Crippen LogP contribution in [0, 0.1) is 0 Å². The van der Waals surface area contributed by atoms with Gasteiger partial charge in [-0.15, -0.1) is 11.8 Å². The quantitative estimate of drug-likeness (QED) is 0.514. The zero-order valence-electron chi connectivity index (χ0n) is 18.4. The lowest BCUT2D eigenvalue weighted by Crippen LogP contribution is -2.34. The SMILES string of the molecule is COCCCn1c(O)c(C2=Nc3ccccc3S[C@H](c3ccc(OC)cc3)C2)c(=O)[nH]c1=O. The molecule has 0 amide bonds. The van der Waals surface area contributed by atoms with Gasteiger partial charge in [-0.1, -0.05) is 24.3 Å². The van der Waals surface area contributed by atoms with E-state index >= 15 is 0 Å². The molecular weight excluding hydrogens is 442 g/mol.